The molecule has 0 aromatic heterocycles. The van der Waals surface area contributed by atoms with E-state index in [1.165, 1.54) is 31.7 Å². The van der Waals surface area contributed by atoms with Crippen LogP contribution < -0.4 is 11.1 Å². The van der Waals surface area contributed by atoms with Gasteiger partial charge in [-0.25, -0.2) is 4.39 Å². The molecule has 0 spiro atoms. The number of anilines is 2. The lowest BCUT2D eigenvalue weighted by Crippen LogP contribution is -2.20. The Balaban J connectivity index is 1.85. The minimum Gasteiger partial charge on any atom is -0.399 e. The van der Waals surface area contributed by atoms with Gasteiger partial charge in [-0.05, 0) is 42.9 Å². The minimum absolute atomic E-state index is 0.255. The van der Waals surface area contributed by atoms with E-state index in [4.69, 9.17) is 5.73 Å². The highest BCUT2D eigenvalue weighted by molar-refractivity contribution is 5.52. The number of nitrogens with one attached hydrogen (secondary N) is 1. The lowest BCUT2D eigenvalue weighted by Gasteiger charge is -2.26. The maximum absolute atomic E-state index is 13.5. The van der Waals surface area contributed by atoms with Gasteiger partial charge in [-0.1, -0.05) is 19.8 Å². The fraction of sp³-hybridized carbons (Fsp3) is 0.571. The first-order valence-corrected chi connectivity index (χ1v) is 6.44. The van der Waals surface area contributed by atoms with Crippen LogP contribution in [-0.2, 0) is 0 Å². The standard InChI is InChI=1S/C14H21FN2/c1-10-2-4-11(5-3-10)9-17-14-7-6-12(16)8-13(14)15/h6-8,10-11,17H,2-5,9,16H2,1H3. The Labute approximate surface area is 102 Å². The molecule has 1 aromatic rings. The third-order valence-electron chi connectivity index (χ3n) is 3.71. The molecule has 1 aromatic carbocycles. The van der Waals surface area contributed by atoms with E-state index in [1.807, 2.05) is 0 Å². The van der Waals surface area contributed by atoms with Gasteiger partial charge in [0.25, 0.3) is 0 Å². The molecule has 1 fully saturated rings. The second-order valence-corrected chi connectivity index (χ2v) is 5.25. The number of hydrogen-bond acceptors (Lipinski definition) is 2. The summed E-state index contributed by atoms with van der Waals surface area (Å²) in [7, 11) is 0. The second-order valence-electron chi connectivity index (χ2n) is 5.25. The Morgan fingerprint density at radius 2 is 2.00 bits per heavy atom. The number of nitrogen functional groups attached to an aromatic ring is 1. The molecule has 0 heterocycles. The van der Waals surface area contributed by atoms with E-state index in [-0.39, 0.29) is 5.82 Å². The fourth-order valence-corrected chi connectivity index (χ4v) is 2.46. The number of benzene rings is 1. The summed E-state index contributed by atoms with van der Waals surface area (Å²) in [5, 5.41) is 3.19. The number of halogens is 1. The van der Waals surface area contributed by atoms with Crippen molar-refractivity contribution in [1.82, 2.24) is 0 Å². The lowest BCUT2D eigenvalue weighted by molar-refractivity contribution is 0.300. The molecule has 2 rings (SSSR count). The van der Waals surface area contributed by atoms with Crippen LogP contribution in [0.15, 0.2) is 18.2 Å². The summed E-state index contributed by atoms with van der Waals surface area (Å²) in [6.45, 7) is 3.18. The summed E-state index contributed by atoms with van der Waals surface area (Å²) in [6, 6.07) is 4.82. The van der Waals surface area contributed by atoms with Crippen LogP contribution in [0.1, 0.15) is 32.6 Å². The van der Waals surface area contributed by atoms with Crippen molar-refractivity contribution in [3.8, 4) is 0 Å². The van der Waals surface area contributed by atoms with Gasteiger partial charge >= 0.3 is 0 Å². The number of nitrogens with two attached hydrogens (primary N) is 1. The van der Waals surface area contributed by atoms with E-state index in [0.717, 1.165) is 12.5 Å². The molecule has 1 saturated carbocycles. The summed E-state index contributed by atoms with van der Waals surface area (Å²) >= 11 is 0. The Kier molecular flexibility index (Phi) is 3.87. The smallest absolute Gasteiger partial charge is 0.148 e. The number of hydrogen-bond donors (Lipinski definition) is 2. The maximum atomic E-state index is 13.5. The first-order chi connectivity index (χ1) is 8.15. The van der Waals surface area contributed by atoms with Crippen LogP contribution >= 0.6 is 0 Å². The van der Waals surface area contributed by atoms with Crippen molar-refractivity contribution in [1.29, 1.82) is 0 Å². The van der Waals surface area contributed by atoms with E-state index < -0.39 is 0 Å². The average molecular weight is 236 g/mol. The Morgan fingerprint density at radius 1 is 1.29 bits per heavy atom. The quantitative estimate of drug-likeness (QED) is 0.786. The topological polar surface area (TPSA) is 38.0 Å². The van der Waals surface area contributed by atoms with Crippen molar-refractivity contribution in [2.75, 3.05) is 17.6 Å². The zero-order valence-electron chi connectivity index (χ0n) is 10.4. The molecule has 1 aliphatic carbocycles. The lowest BCUT2D eigenvalue weighted by atomic mass is 9.83. The molecule has 94 valence electrons. The number of rotatable bonds is 3. The molecule has 0 radical (unpaired) electrons. The summed E-state index contributed by atoms with van der Waals surface area (Å²) in [4.78, 5) is 0. The molecule has 3 heteroatoms. The predicted molar refractivity (Wildman–Crippen MR) is 70.4 cm³/mol. The first kappa shape index (κ1) is 12.2. The molecule has 0 atom stereocenters. The van der Waals surface area contributed by atoms with E-state index >= 15 is 0 Å². The summed E-state index contributed by atoms with van der Waals surface area (Å²) in [5.74, 6) is 1.29. The Morgan fingerprint density at radius 3 is 2.65 bits per heavy atom. The third-order valence-corrected chi connectivity index (χ3v) is 3.71. The van der Waals surface area contributed by atoms with Crippen molar-refractivity contribution >= 4 is 11.4 Å². The zero-order valence-corrected chi connectivity index (χ0v) is 10.4. The molecule has 2 nitrogen and oxygen atoms in total. The van der Waals surface area contributed by atoms with Crippen molar-refractivity contribution < 1.29 is 4.39 Å². The molecule has 17 heavy (non-hydrogen) atoms. The van der Waals surface area contributed by atoms with E-state index in [0.29, 0.717) is 17.3 Å². The summed E-state index contributed by atoms with van der Waals surface area (Å²) in [6.07, 6.45) is 5.11. The van der Waals surface area contributed by atoms with Gasteiger partial charge in [0, 0.05) is 12.2 Å². The van der Waals surface area contributed by atoms with Crippen LogP contribution in [0.2, 0.25) is 0 Å². The van der Waals surface area contributed by atoms with Crippen LogP contribution in [0.25, 0.3) is 0 Å². The highest BCUT2D eigenvalue weighted by atomic mass is 19.1. The largest absolute Gasteiger partial charge is 0.399 e. The van der Waals surface area contributed by atoms with Crippen LogP contribution in [0.4, 0.5) is 15.8 Å². The normalized spacial score (nSPS) is 24.6. The van der Waals surface area contributed by atoms with Gasteiger partial charge in [0.2, 0.25) is 0 Å². The molecule has 0 aliphatic heterocycles. The van der Waals surface area contributed by atoms with Gasteiger partial charge in [0.05, 0.1) is 5.69 Å². The minimum atomic E-state index is -0.255. The van der Waals surface area contributed by atoms with Gasteiger partial charge in [-0.2, -0.15) is 0 Å². The van der Waals surface area contributed by atoms with E-state index in [9.17, 15) is 4.39 Å². The molecule has 0 saturated heterocycles. The summed E-state index contributed by atoms with van der Waals surface area (Å²) in [5.41, 5.74) is 6.55. The first-order valence-electron chi connectivity index (χ1n) is 6.44. The second kappa shape index (κ2) is 5.39. The third kappa shape index (κ3) is 3.35. The molecule has 0 unspecified atom stereocenters. The van der Waals surface area contributed by atoms with E-state index in [2.05, 4.69) is 12.2 Å². The molecule has 3 N–H and O–H groups in total. The Hall–Kier alpha value is -1.25. The summed E-state index contributed by atoms with van der Waals surface area (Å²) < 4.78 is 13.5. The molecule has 0 amide bonds. The van der Waals surface area contributed by atoms with Gasteiger partial charge in [-0.3, -0.25) is 0 Å². The zero-order chi connectivity index (χ0) is 12.3. The molecule has 0 bridgehead atoms. The van der Waals surface area contributed by atoms with Crippen LogP contribution in [-0.4, -0.2) is 6.54 Å². The highest BCUT2D eigenvalue weighted by Gasteiger charge is 2.18. The van der Waals surface area contributed by atoms with Gasteiger partial charge < -0.3 is 11.1 Å². The van der Waals surface area contributed by atoms with Crippen molar-refractivity contribution in [3.63, 3.8) is 0 Å². The van der Waals surface area contributed by atoms with Crippen molar-refractivity contribution in [2.45, 2.75) is 32.6 Å². The monoisotopic (exact) mass is 236 g/mol. The Bertz CT molecular complexity index is 370. The van der Waals surface area contributed by atoms with Crippen molar-refractivity contribution in [3.05, 3.63) is 24.0 Å². The van der Waals surface area contributed by atoms with Gasteiger partial charge in [0.15, 0.2) is 0 Å². The van der Waals surface area contributed by atoms with Gasteiger partial charge in [0.1, 0.15) is 5.82 Å². The molecule has 1 aliphatic rings. The SMILES string of the molecule is CC1CCC(CNc2ccc(N)cc2F)CC1. The average Bonchev–Trinajstić information content (AvgIpc) is 2.30. The van der Waals surface area contributed by atoms with Gasteiger partial charge in [-0.15, -0.1) is 0 Å². The van der Waals surface area contributed by atoms with Crippen LogP contribution in [0.3, 0.4) is 0 Å². The molecular weight excluding hydrogens is 215 g/mol. The highest BCUT2D eigenvalue weighted by Crippen LogP contribution is 2.28. The maximum Gasteiger partial charge on any atom is 0.148 e. The van der Waals surface area contributed by atoms with Crippen LogP contribution in [0.5, 0.6) is 0 Å². The van der Waals surface area contributed by atoms with Crippen molar-refractivity contribution in [2.24, 2.45) is 11.8 Å². The fourth-order valence-electron chi connectivity index (χ4n) is 2.46. The molecular formula is C14H21FN2. The predicted octanol–water partition coefficient (Wildman–Crippen LogP) is 3.65. The van der Waals surface area contributed by atoms with E-state index in [1.54, 1.807) is 12.1 Å². The van der Waals surface area contributed by atoms with Crippen LogP contribution in [0, 0.1) is 17.7 Å².